The number of piperazine rings is 1. The summed E-state index contributed by atoms with van der Waals surface area (Å²) in [6, 6.07) is 7.79. The fourth-order valence-electron chi connectivity index (χ4n) is 2.75. The van der Waals surface area contributed by atoms with E-state index < -0.39 is 0 Å². The standard InChI is InChI=1S/C13H15N5O/c14-6-9-2-1-3-11(12(9)15)17-4-5-18-10(8-17)7-16-13(18)19/h1-3,10H,4-5,7-8,15H2,(H,16,19). The first-order chi connectivity index (χ1) is 9.20. The van der Waals surface area contributed by atoms with Gasteiger partial charge in [-0.25, -0.2) is 4.79 Å². The second kappa shape index (κ2) is 4.35. The lowest BCUT2D eigenvalue weighted by molar-refractivity contribution is 0.198. The van der Waals surface area contributed by atoms with Crippen LogP contribution in [0.1, 0.15) is 5.56 Å². The Balaban J connectivity index is 1.85. The van der Waals surface area contributed by atoms with Gasteiger partial charge in [0.05, 0.1) is 23.0 Å². The minimum absolute atomic E-state index is 0.0170. The molecule has 0 radical (unpaired) electrons. The zero-order chi connectivity index (χ0) is 13.4. The van der Waals surface area contributed by atoms with Gasteiger partial charge < -0.3 is 20.9 Å². The molecule has 0 aromatic heterocycles. The Morgan fingerprint density at radius 1 is 1.42 bits per heavy atom. The zero-order valence-electron chi connectivity index (χ0n) is 10.5. The van der Waals surface area contributed by atoms with E-state index in [9.17, 15) is 4.79 Å². The first-order valence-corrected chi connectivity index (χ1v) is 6.28. The van der Waals surface area contributed by atoms with Crippen molar-refractivity contribution in [1.82, 2.24) is 10.2 Å². The van der Waals surface area contributed by atoms with Crippen molar-refractivity contribution >= 4 is 17.4 Å². The van der Waals surface area contributed by atoms with E-state index in [0.29, 0.717) is 24.3 Å². The van der Waals surface area contributed by atoms with Gasteiger partial charge in [0.15, 0.2) is 0 Å². The number of hydrogen-bond acceptors (Lipinski definition) is 4. The van der Waals surface area contributed by atoms with Crippen LogP contribution in [0.15, 0.2) is 18.2 Å². The van der Waals surface area contributed by atoms with Crippen LogP contribution in [0.3, 0.4) is 0 Å². The molecule has 0 saturated carbocycles. The Morgan fingerprint density at radius 3 is 3.05 bits per heavy atom. The highest BCUT2D eigenvalue weighted by Gasteiger charge is 2.35. The highest BCUT2D eigenvalue weighted by atomic mass is 16.2. The van der Waals surface area contributed by atoms with Gasteiger partial charge in [0.25, 0.3) is 0 Å². The predicted molar refractivity (Wildman–Crippen MR) is 71.7 cm³/mol. The number of nitriles is 1. The van der Waals surface area contributed by atoms with E-state index in [1.807, 2.05) is 17.0 Å². The van der Waals surface area contributed by atoms with Crippen LogP contribution in [-0.4, -0.2) is 43.2 Å². The number of rotatable bonds is 1. The van der Waals surface area contributed by atoms with Gasteiger partial charge in [0.1, 0.15) is 6.07 Å². The number of nitrogens with zero attached hydrogens (tertiary/aromatic N) is 3. The summed E-state index contributed by atoms with van der Waals surface area (Å²) in [6.07, 6.45) is 0. The van der Waals surface area contributed by atoms with Gasteiger partial charge in [-0.1, -0.05) is 6.07 Å². The molecule has 3 rings (SSSR count). The number of para-hydroxylation sites is 1. The molecule has 2 aliphatic heterocycles. The molecule has 1 aromatic rings. The van der Waals surface area contributed by atoms with Gasteiger partial charge >= 0.3 is 6.03 Å². The fraction of sp³-hybridized carbons (Fsp3) is 0.385. The van der Waals surface area contributed by atoms with E-state index >= 15 is 0 Å². The van der Waals surface area contributed by atoms with Crippen molar-refractivity contribution in [3.05, 3.63) is 23.8 Å². The minimum atomic E-state index is 0.0170. The van der Waals surface area contributed by atoms with Gasteiger partial charge in [0, 0.05) is 26.2 Å². The number of benzene rings is 1. The number of urea groups is 1. The maximum absolute atomic E-state index is 11.5. The summed E-state index contributed by atoms with van der Waals surface area (Å²) < 4.78 is 0. The number of anilines is 2. The summed E-state index contributed by atoms with van der Waals surface area (Å²) >= 11 is 0. The predicted octanol–water partition coefficient (Wildman–Crippen LogP) is 0.354. The Bertz CT molecular complexity index is 565. The lowest BCUT2D eigenvalue weighted by Gasteiger charge is -2.38. The number of nitrogens with one attached hydrogen (secondary N) is 1. The largest absolute Gasteiger partial charge is 0.396 e. The zero-order valence-corrected chi connectivity index (χ0v) is 10.5. The van der Waals surface area contributed by atoms with E-state index in [1.54, 1.807) is 6.07 Å². The fourth-order valence-corrected chi connectivity index (χ4v) is 2.75. The highest BCUT2D eigenvalue weighted by Crippen LogP contribution is 2.28. The van der Waals surface area contributed by atoms with Crippen LogP contribution in [0.5, 0.6) is 0 Å². The molecule has 3 N–H and O–H groups in total. The molecular weight excluding hydrogens is 242 g/mol. The van der Waals surface area contributed by atoms with Crippen LogP contribution < -0.4 is 16.0 Å². The van der Waals surface area contributed by atoms with Crippen molar-refractivity contribution in [3.8, 4) is 6.07 Å². The monoisotopic (exact) mass is 257 g/mol. The Morgan fingerprint density at radius 2 is 2.26 bits per heavy atom. The molecule has 0 spiro atoms. The summed E-state index contributed by atoms with van der Waals surface area (Å²) in [6.45, 7) is 2.85. The van der Waals surface area contributed by atoms with Gasteiger partial charge in [-0.05, 0) is 12.1 Å². The Hall–Kier alpha value is -2.42. The van der Waals surface area contributed by atoms with Crippen molar-refractivity contribution in [3.63, 3.8) is 0 Å². The lowest BCUT2D eigenvalue weighted by atomic mass is 10.1. The Kier molecular flexibility index (Phi) is 2.67. The van der Waals surface area contributed by atoms with Crippen molar-refractivity contribution in [1.29, 1.82) is 5.26 Å². The van der Waals surface area contributed by atoms with Crippen molar-refractivity contribution in [2.75, 3.05) is 36.8 Å². The van der Waals surface area contributed by atoms with Crippen molar-refractivity contribution < 1.29 is 4.79 Å². The quantitative estimate of drug-likeness (QED) is 0.711. The van der Waals surface area contributed by atoms with Crippen LogP contribution in [-0.2, 0) is 0 Å². The third kappa shape index (κ3) is 1.83. The Labute approximate surface area is 111 Å². The number of carbonyl (C=O) groups excluding carboxylic acids is 1. The lowest BCUT2D eigenvalue weighted by Crippen LogP contribution is -2.52. The number of nitrogens with two attached hydrogens (primary N) is 1. The number of carbonyl (C=O) groups is 1. The molecule has 6 nitrogen and oxygen atoms in total. The van der Waals surface area contributed by atoms with Crippen LogP contribution in [0.25, 0.3) is 0 Å². The third-order valence-electron chi connectivity index (χ3n) is 3.78. The summed E-state index contributed by atoms with van der Waals surface area (Å²) in [5.41, 5.74) is 7.94. The average molecular weight is 257 g/mol. The molecule has 0 aliphatic carbocycles. The van der Waals surface area contributed by atoms with Gasteiger partial charge in [0.2, 0.25) is 0 Å². The molecule has 6 heteroatoms. The molecule has 2 fully saturated rings. The second-order valence-corrected chi connectivity index (χ2v) is 4.83. The molecule has 19 heavy (non-hydrogen) atoms. The molecule has 1 aromatic carbocycles. The molecule has 2 amide bonds. The number of nitrogen functional groups attached to an aromatic ring is 1. The maximum Gasteiger partial charge on any atom is 0.317 e. The molecule has 0 bridgehead atoms. The molecule has 98 valence electrons. The van der Waals surface area contributed by atoms with Crippen molar-refractivity contribution in [2.24, 2.45) is 0 Å². The number of hydrogen-bond donors (Lipinski definition) is 2. The van der Waals surface area contributed by atoms with Gasteiger partial charge in [-0.15, -0.1) is 0 Å². The summed E-state index contributed by atoms with van der Waals surface area (Å²) in [4.78, 5) is 15.6. The van der Waals surface area contributed by atoms with E-state index in [-0.39, 0.29) is 12.1 Å². The smallest absolute Gasteiger partial charge is 0.317 e. The molecule has 1 atom stereocenters. The average Bonchev–Trinajstić information content (AvgIpc) is 2.80. The molecule has 2 heterocycles. The normalized spacial score (nSPS) is 21.8. The van der Waals surface area contributed by atoms with Crippen molar-refractivity contribution in [2.45, 2.75) is 6.04 Å². The first kappa shape index (κ1) is 11.7. The van der Waals surface area contributed by atoms with E-state index in [2.05, 4.69) is 16.3 Å². The van der Waals surface area contributed by atoms with Gasteiger partial charge in [-0.3, -0.25) is 0 Å². The van der Waals surface area contributed by atoms with E-state index in [0.717, 1.165) is 18.8 Å². The summed E-state index contributed by atoms with van der Waals surface area (Å²) in [5.74, 6) is 0. The molecular formula is C13H15N5O. The first-order valence-electron chi connectivity index (χ1n) is 6.28. The number of fused-ring (bicyclic) bond motifs is 1. The van der Waals surface area contributed by atoms with Crippen LogP contribution >= 0.6 is 0 Å². The topological polar surface area (TPSA) is 85.4 Å². The highest BCUT2D eigenvalue weighted by molar-refractivity contribution is 5.78. The van der Waals surface area contributed by atoms with E-state index in [4.69, 9.17) is 11.0 Å². The molecule has 2 saturated heterocycles. The van der Waals surface area contributed by atoms with E-state index in [1.165, 1.54) is 0 Å². The summed E-state index contributed by atoms with van der Waals surface area (Å²) in [5, 5.41) is 11.9. The van der Waals surface area contributed by atoms with Crippen LogP contribution in [0.4, 0.5) is 16.2 Å². The maximum atomic E-state index is 11.5. The molecule has 1 unspecified atom stereocenters. The van der Waals surface area contributed by atoms with Crippen LogP contribution in [0, 0.1) is 11.3 Å². The van der Waals surface area contributed by atoms with Crippen LogP contribution in [0.2, 0.25) is 0 Å². The SMILES string of the molecule is N#Cc1cccc(N2CCN3C(=O)NCC3C2)c1N. The molecule has 2 aliphatic rings. The summed E-state index contributed by atoms with van der Waals surface area (Å²) in [7, 11) is 0. The minimum Gasteiger partial charge on any atom is -0.396 e. The van der Waals surface area contributed by atoms with Gasteiger partial charge in [-0.2, -0.15) is 5.26 Å². The third-order valence-corrected chi connectivity index (χ3v) is 3.78. The second-order valence-electron chi connectivity index (χ2n) is 4.83. The number of amides is 2.